The Balaban J connectivity index is 1.54. The number of pyridine rings is 1. The lowest BCUT2D eigenvalue weighted by Gasteiger charge is -2.05. The van der Waals surface area contributed by atoms with Crippen molar-refractivity contribution in [2.45, 2.75) is 18.4 Å². The minimum Gasteiger partial charge on any atom is -0.334 e. The van der Waals surface area contributed by atoms with Crippen LogP contribution in [0.25, 0.3) is 11.5 Å². The van der Waals surface area contributed by atoms with Crippen molar-refractivity contribution in [1.29, 1.82) is 0 Å². The number of halogens is 1. The van der Waals surface area contributed by atoms with Gasteiger partial charge in [-0.2, -0.15) is 4.98 Å². The molecule has 1 N–H and O–H groups in total. The first kappa shape index (κ1) is 17.1. The molecule has 128 valence electrons. The average molecular weight is 358 g/mol. The van der Waals surface area contributed by atoms with Crippen LogP contribution in [0.5, 0.6) is 0 Å². The molecule has 0 spiro atoms. The van der Waals surface area contributed by atoms with Gasteiger partial charge in [0.15, 0.2) is 5.82 Å². The van der Waals surface area contributed by atoms with Crippen molar-refractivity contribution >= 4 is 23.4 Å². The predicted molar refractivity (Wildman–Crippen MR) is 92.7 cm³/mol. The number of rotatable bonds is 6. The predicted octanol–water partition coefficient (Wildman–Crippen LogP) is 3.56. The van der Waals surface area contributed by atoms with Crippen LogP contribution in [-0.2, 0) is 11.2 Å². The Morgan fingerprint density at radius 2 is 2.04 bits per heavy atom. The van der Waals surface area contributed by atoms with E-state index in [9.17, 15) is 9.18 Å². The van der Waals surface area contributed by atoms with Crippen LogP contribution in [0.2, 0.25) is 0 Å². The average Bonchev–Trinajstić information content (AvgIpc) is 3.12. The maximum atomic E-state index is 12.8. The summed E-state index contributed by atoms with van der Waals surface area (Å²) in [6.07, 6.45) is 2.33. The number of amides is 1. The molecule has 3 aromatic rings. The van der Waals surface area contributed by atoms with E-state index in [4.69, 9.17) is 4.52 Å². The maximum absolute atomic E-state index is 12.8. The Kier molecular flexibility index (Phi) is 5.39. The monoisotopic (exact) mass is 358 g/mol. The third-order valence-electron chi connectivity index (χ3n) is 3.25. The highest BCUT2D eigenvalue weighted by Crippen LogP contribution is 2.21. The number of carbonyl (C=O) groups is 1. The van der Waals surface area contributed by atoms with Gasteiger partial charge in [-0.25, -0.2) is 9.37 Å². The van der Waals surface area contributed by atoms with Gasteiger partial charge in [-0.15, -0.1) is 0 Å². The zero-order valence-electron chi connectivity index (χ0n) is 13.4. The van der Waals surface area contributed by atoms with Gasteiger partial charge in [0.2, 0.25) is 5.91 Å². The number of carbonyl (C=O) groups excluding carboxylic acids is 1. The van der Waals surface area contributed by atoms with E-state index in [0.29, 0.717) is 28.8 Å². The fourth-order valence-corrected chi connectivity index (χ4v) is 2.62. The van der Waals surface area contributed by atoms with E-state index in [1.165, 1.54) is 36.0 Å². The molecule has 6 nitrogen and oxygen atoms in total. The molecule has 1 amide bonds. The number of hydrogen-bond acceptors (Lipinski definition) is 6. The molecule has 8 heteroatoms. The molecular weight excluding hydrogens is 343 g/mol. The topological polar surface area (TPSA) is 80.9 Å². The van der Waals surface area contributed by atoms with E-state index in [1.54, 1.807) is 12.3 Å². The molecular formula is C17H15FN4O2S. The first-order chi connectivity index (χ1) is 12.1. The van der Waals surface area contributed by atoms with E-state index >= 15 is 0 Å². The van der Waals surface area contributed by atoms with E-state index in [1.807, 2.05) is 13.0 Å². The van der Waals surface area contributed by atoms with Crippen molar-refractivity contribution in [3.63, 3.8) is 0 Å². The van der Waals surface area contributed by atoms with Gasteiger partial charge in [0.1, 0.15) is 5.82 Å². The lowest BCUT2D eigenvalue weighted by molar-refractivity contribution is -0.113. The molecule has 0 fully saturated rings. The zero-order valence-corrected chi connectivity index (χ0v) is 14.2. The highest BCUT2D eigenvalue weighted by atomic mass is 32.2. The molecule has 3 rings (SSSR count). The molecule has 2 aromatic heterocycles. The van der Waals surface area contributed by atoms with Gasteiger partial charge >= 0.3 is 0 Å². The third kappa shape index (κ3) is 4.63. The van der Waals surface area contributed by atoms with E-state index < -0.39 is 0 Å². The van der Waals surface area contributed by atoms with Crippen molar-refractivity contribution in [2.24, 2.45) is 0 Å². The largest absolute Gasteiger partial charge is 0.334 e. The second-order valence-corrected chi connectivity index (χ2v) is 6.09. The lowest BCUT2D eigenvalue weighted by atomic mass is 10.3. The Morgan fingerprint density at radius 1 is 1.24 bits per heavy atom. The van der Waals surface area contributed by atoms with Gasteiger partial charge in [-0.05, 0) is 36.4 Å². The Hall–Kier alpha value is -2.74. The van der Waals surface area contributed by atoms with Gasteiger partial charge in [-0.1, -0.05) is 23.8 Å². The summed E-state index contributed by atoms with van der Waals surface area (Å²) in [7, 11) is 0. The molecule has 0 saturated carbocycles. The van der Waals surface area contributed by atoms with Crippen LogP contribution >= 0.6 is 11.8 Å². The van der Waals surface area contributed by atoms with Crippen LogP contribution in [0.4, 0.5) is 10.1 Å². The fraction of sp³-hybridized carbons (Fsp3) is 0.176. The third-order valence-corrected chi connectivity index (χ3v) is 4.19. The van der Waals surface area contributed by atoms with Crippen molar-refractivity contribution < 1.29 is 13.7 Å². The van der Waals surface area contributed by atoms with Crippen molar-refractivity contribution in [1.82, 2.24) is 15.1 Å². The van der Waals surface area contributed by atoms with Gasteiger partial charge in [0.05, 0.1) is 16.3 Å². The van der Waals surface area contributed by atoms with E-state index in [0.717, 1.165) is 5.56 Å². The first-order valence-corrected chi connectivity index (χ1v) is 8.60. The second kappa shape index (κ2) is 7.89. The van der Waals surface area contributed by atoms with Crippen LogP contribution in [0.15, 0.2) is 52.1 Å². The molecule has 2 heterocycles. The lowest BCUT2D eigenvalue weighted by Crippen LogP contribution is -2.14. The van der Waals surface area contributed by atoms with Gasteiger partial charge in [-0.3, -0.25) is 4.79 Å². The summed E-state index contributed by atoms with van der Waals surface area (Å²) in [4.78, 5) is 20.4. The van der Waals surface area contributed by atoms with Crippen molar-refractivity contribution in [3.8, 4) is 11.5 Å². The molecule has 0 saturated heterocycles. The maximum Gasteiger partial charge on any atom is 0.259 e. The Bertz CT molecular complexity index is 850. The van der Waals surface area contributed by atoms with Gasteiger partial charge in [0, 0.05) is 18.3 Å². The standard InChI is InChI=1S/C17H15FN4O2S/c1-2-14-21-17(24-22-14)11-3-8-16(19-9-11)25-10-15(23)20-13-6-4-12(18)5-7-13/h3-9H,2,10H2,1H3,(H,20,23). The van der Waals surface area contributed by atoms with E-state index in [2.05, 4.69) is 20.4 Å². The van der Waals surface area contributed by atoms with E-state index in [-0.39, 0.29) is 17.5 Å². The van der Waals surface area contributed by atoms with Crippen LogP contribution < -0.4 is 5.32 Å². The summed E-state index contributed by atoms with van der Waals surface area (Å²) < 4.78 is 18.0. The van der Waals surface area contributed by atoms with Crippen LogP contribution in [-0.4, -0.2) is 26.8 Å². The first-order valence-electron chi connectivity index (χ1n) is 7.61. The number of aromatic nitrogens is 3. The Labute approximate surface area is 147 Å². The number of anilines is 1. The molecule has 0 aliphatic carbocycles. The van der Waals surface area contributed by atoms with Crippen LogP contribution in [0.3, 0.4) is 0 Å². The highest BCUT2D eigenvalue weighted by molar-refractivity contribution is 7.99. The number of hydrogen-bond donors (Lipinski definition) is 1. The summed E-state index contributed by atoms with van der Waals surface area (Å²) in [5.41, 5.74) is 1.28. The quantitative estimate of drug-likeness (QED) is 0.679. The molecule has 0 bridgehead atoms. The number of benzene rings is 1. The minimum absolute atomic E-state index is 0.188. The Morgan fingerprint density at radius 3 is 2.68 bits per heavy atom. The number of thioether (sulfide) groups is 1. The summed E-state index contributed by atoms with van der Waals surface area (Å²) in [5.74, 6) is 0.737. The summed E-state index contributed by atoms with van der Waals surface area (Å²) >= 11 is 1.30. The fourth-order valence-electron chi connectivity index (χ4n) is 1.98. The normalized spacial score (nSPS) is 10.6. The van der Waals surface area contributed by atoms with Crippen LogP contribution in [0.1, 0.15) is 12.7 Å². The van der Waals surface area contributed by atoms with Crippen molar-refractivity contribution in [3.05, 3.63) is 54.2 Å². The second-order valence-electron chi connectivity index (χ2n) is 5.10. The highest BCUT2D eigenvalue weighted by Gasteiger charge is 2.09. The molecule has 0 unspecified atom stereocenters. The summed E-state index contributed by atoms with van der Waals surface area (Å²) in [5, 5.41) is 7.24. The summed E-state index contributed by atoms with van der Waals surface area (Å²) in [6, 6.07) is 9.23. The molecule has 0 aliphatic heterocycles. The number of nitrogens with zero attached hydrogens (tertiary/aromatic N) is 3. The molecule has 0 radical (unpaired) electrons. The van der Waals surface area contributed by atoms with Gasteiger partial charge in [0.25, 0.3) is 5.89 Å². The molecule has 0 aliphatic rings. The molecule has 0 atom stereocenters. The smallest absolute Gasteiger partial charge is 0.259 e. The van der Waals surface area contributed by atoms with Crippen molar-refractivity contribution in [2.75, 3.05) is 11.1 Å². The van der Waals surface area contributed by atoms with Crippen LogP contribution in [0, 0.1) is 5.82 Å². The SMILES string of the molecule is CCc1noc(-c2ccc(SCC(=O)Nc3ccc(F)cc3)nc2)n1. The molecule has 1 aromatic carbocycles. The number of nitrogens with one attached hydrogen (secondary N) is 1. The van der Waals surface area contributed by atoms with Gasteiger partial charge < -0.3 is 9.84 Å². The zero-order chi connectivity index (χ0) is 17.6. The minimum atomic E-state index is -0.344. The summed E-state index contributed by atoms with van der Waals surface area (Å²) in [6.45, 7) is 1.95. The number of aryl methyl sites for hydroxylation is 1. The molecule has 25 heavy (non-hydrogen) atoms.